The Morgan fingerprint density at radius 1 is 1.08 bits per heavy atom. The lowest BCUT2D eigenvalue weighted by atomic mass is 9.69. The molecule has 2 fully saturated rings. The van der Waals surface area contributed by atoms with E-state index in [0.29, 0.717) is 19.6 Å². The highest BCUT2D eigenvalue weighted by Crippen LogP contribution is 2.50. The van der Waals surface area contributed by atoms with Gasteiger partial charge in [-0.05, 0) is 65.8 Å². The van der Waals surface area contributed by atoms with Crippen molar-refractivity contribution in [2.24, 2.45) is 17.8 Å². The third-order valence-electron chi connectivity index (χ3n) is 8.32. The molecule has 2 amide bonds. The van der Waals surface area contributed by atoms with Crippen LogP contribution in [0.3, 0.4) is 0 Å². The van der Waals surface area contributed by atoms with E-state index in [1.165, 1.54) is 10.5 Å². The third-order valence-corrected chi connectivity index (χ3v) is 9.18. The van der Waals surface area contributed by atoms with Crippen LogP contribution in [0.25, 0.3) is 16.8 Å². The van der Waals surface area contributed by atoms with Crippen molar-refractivity contribution >= 4 is 40.0 Å². The fourth-order valence-electron chi connectivity index (χ4n) is 6.53. The number of allylic oxidation sites excluding steroid dienone is 1. The number of imide groups is 1. The van der Waals surface area contributed by atoms with Gasteiger partial charge in [0.05, 0.1) is 37.7 Å². The molecule has 2 saturated heterocycles. The molecule has 6 rings (SSSR count). The Hall–Kier alpha value is -3.26. The molecule has 3 aliphatic rings. The summed E-state index contributed by atoms with van der Waals surface area (Å²) < 4.78 is 6.24. The molecule has 38 heavy (non-hydrogen) atoms. The molecule has 4 atom stereocenters. The molecule has 3 heterocycles. The molecule has 2 aromatic carbocycles. The van der Waals surface area contributed by atoms with E-state index in [0.717, 1.165) is 45.2 Å². The molecule has 0 spiro atoms. The lowest BCUT2D eigenvalue weighted by Gasteiger charge is -2.31. The average Bonchev–Trinajstić information content (AvgIpc) is 3.65. The number of hydrogen-bond donors (Lipinski definition) is 2. The predicted octanol–water partition coefficient (Wildman–Crippen LogP) is 5.30. The van der Waals surface area contributed by atoms with E-state index < -0.39 is 11.8 Å². The number of phenolic OH excluding ortho intramolecular Hbond substituents is 1. The molecule has 7 heteroatoms. The van der Waals surface area contributed by atoms with Crippen molar-refractivity contribution in [2.75, 3.05) is 13.2 Å². The van der Waals surface area contributed by atoms with Crippen LogP contribution in [-0.2, 0) is 20.9 Å². The number of benzene rings is 2. The topological polar surface area (TPSA) is 87.1 Å². The van der Waals surface area contributed by atoms with Crippen molar-refractivity contribution in [1.82, 2.24) is 4.90 Å². The zero-order chi connectivity index (χ0) is 26.4. The maximum absolute atomic E-state index is 13.5. The van der Waals surface area contributed by atoms with Gasteiger partial charge >= 0.3 is 0 Å². The molecular weight excluding hydrogens is 498 g/mol. The van der Waals surface area contributed by atoms with Crippen LogP contribution in [0.1, 0.15) is 36.6 Å². The first-order valence-electron chi connectivity index (χ1n) is 13.2. The maximum atomic E-state index is 13.5. The van der Waals surface area contributed by atoms with E-state index in [1.54, 1.807) is 17.4 Å². The van der Waals surface area contributed by atoms with Gasteiger partial charge in [0.15, 0.2) is 0 Å². The lowest BCUT2D eigenvalue weighted by Crippen LogP contribution is -2.34. The van der Waals surface area contributed by atoms with Gasteiger partial charge in [-0.25, -0.2) is 0 Å². The third kappa shape index (κ3) is 4.28. The normalized spacial score (nSPS) is 25.4. The number of rotatable bonds is 7. The maximum Gasteiger partial charge on any atom is 0.234 e. The number of ether oxygens (including phenoxy) is 1. The SMILES string of the molecule is C/C(=C\c1ccc(O)c2ccccc12)CC[C@H]1OC[C@H]2C1=C(CO)C[C@H]1C(=O)N(Cc3cccs3)C(=O)[C@H]12. The summed E-state index contributed by atoms with van der Waals surface area (Å²) in [6.45, 7) is 2.70. The number of aliphatic hydroxyl groups excluding tert-OH is 1. The lowest BCUT2D eigenvalue weighted by molar-refractivity contribution is -0.140. The van der Waals surface area contributed by atoms with E-state index in [1.807, 2.05) is 47.8 Å². The Kier molecular flexibility index (Phi) is 6.68. The van der Waals surface area contributed by atoms with Crippen molar-refractivity contribution in [1.29, 1.82) is 0 Å². The largest absolute Gasteiger partial charge is 0.507 e. The van der Waals surface area contributed by atoms with Crippen molar-refractivity contribution in [3.8, 4) is 5.75 Å². The first kappa shape index (κ1) is 25.0. The minimum absolute atomic E-state index is 0.104. The standard InChI is InChI=1S/C31H31NO5S/c1-18(13-19-9-10-26(34)23-7-3-2-6-22(19)23)8-11-27-28-20(16-33)14-24-29(25(28)17-37-27)31(36)32(30(24)35)15-21-5-4-12-38-21/h2-7,9-10,12-13,24-25,27,29,33-34H,8,11,14-17H2,1H3/b18-13+/t24-,25+,27-,29-/m1/s1. The van der Waals surface area contributed by atoms with Crippen LogP contribution in [0.5, 0.6) is 5.75 Å². The van der Waals surface area contributed by atoms with Crippen LogP contribution in [0, 0.1) is 17.8 Å². The molecule has 6 nitrogen and oxygen atoms in total. The quantitative estimate of drug-likeness (QED) is 0.320. The molecule has 2 N–H and O–H groups in total. The second kappa shape index (κ2) is 10.1. The van der Waals surface area contributed by atoms with Gasteiger partial charge in [-0.1, -0.05) is 48.0 Å². The first-order chi connectivity index (χ1) is 18.5. The van der Waals surface area contributed by atoms with Gasteiger partial charge in [-0.15, -0.1) is 11.3 Å². The van der Waals surface area contributed by atoms with Crippen LogP contribution in [0.2, 0.25) is 0 Å². The number of carbonyl (C=O) groups excluding carboxylic acids is 2. The second-order valence-corrected chi connectivity index (χ2v) is 11.6. The highest BCUT2D eigenvalue weighted by molar-refractivity contribution is 7.09. The fourth-order valence-corrected chi connectivity index (χ4v) is 7.22. The Balaban J connectivity index is 1.20. The van der Waals surface area contributed by atoms with E-state index in [9.17, 15) is 19.8 Å². The van der Waals surface area contributed by atoms with Gasteiger partial charge in [-0.2, -0.15) is 0 Å². The number of phenols is 1. The summed E-state index contributed by atoms with van der Waals surface area (Å²) in [4.78, 5) is 29.1. The summed E-state index contributed by atoms with van der Waals surface area (Å²) in [5.74, 6) is -0.929. The average molecular weight is 530 g/mol. The fraction of sp³-hybridized carbons (Fsp3) is 0.355. The van der Waals surface area contributed by atoms with Crippen LogP contribution in [0.15, 0.2) is 70.6 Å². The number of nitrogens with zero attached hydrogens (tertiary/aromatic N) is 1. The smallest absolute Gasteiger partial charge is 0.234 e. The van der Waals surface area contributed by atoms with Gasteiger partial charge in [0.2, 0.25) is 11.8 Å². The molecule has 1 aromatic heterocycles. The monoisotopic (exact) mass is 529 g/mol. The van der Waals surface area contributed by atoms with E-state index >= 15 is 0 Å². The number of aliphatic hydroxyl groups is 1. The highest BCUT2D eigenvalue weighted by atomic mass is 32.1. The summed E-state index contributed by atoms with van der Waals surface area (Å²) in [7, 11) is 0. The van der Waals surface area contributed by atoms with E-state index in [2.05, 4.69) is 13.0 Å². The second-order valence-electron chi connectivity index (χ2n) is 10.6. The van der Waals surface area contributed by atoms with Crippen LogP contribution >= 0.6 is 11.3 Å². The van der Waals surface area contributed by atoms with Crippen LogP contribution in [0.4, 0.5) is 0 Å². The molecule has 2 aliphatic heterocycles. The number of aromatic hydroxyl groups is 1. The number of likely N-dealkylation sites (tertiary alicyclic amines) is 1. The predicted molar refractivity (Wildman–Crippen MR) is 147 cm³/mol. The van der Waals surface area contributed by atoms with Crippen molar-refractivity contribution in [2.45, 2.75) is 38.8 Å². The number of amides is 2. The number of thiophene rings is 1. The molecular formula is C31H31NO5S. The Bertz CT molecular complexity index is 1460. The summed E-state index contributed by atoms with van der Waals surface area (Å²) >= 11 is 1.54. The Morgan fingerprint density at radius 2 is 1.89 bits per heavy atom. The number of hydrogen-bond acceptors (Lipinski definition) is 6. The molecule has 0 bridgehead atoms. The molecule has 3 aromatic rings. The number of fused-ring (bicyclic) bond motifs is 4. The zero-order valence-electron chi connectivity index (χ0n) is 21.3. The molecule has 196 valence electrons. The van der Waals surface area contributed by atoms with Gasteiger partial charge in [0.1, 0.15) is 5.75 Å². The number of carbonyl (C=O) groups is 2. The zero-order valence-corrected chi connectivity index (χ0v) is 22.1. The minimum atomic E-state index is -0.412. The summed E-state index contributed by atoms with van der Waals surface area (Å²) in [5.41, 5.74) is 4.14. The minimum Gasteiger partial charge on any atom is -0.507 e. The van der Waals surface area contributed by atoms with Crippen molar-refractivity contribution < 1.29 is 24.5 Å². The molecule has 1 aliphatic carbocycles. The van der Waals surface area contributed by atoms with Crippen LogP contribution in [-0.4, -0.2) is 46.2 Å². The highest BCUT2D eigenvalue weighted by Gasteiger charge is 2.56. The molecule has 0 unspecified atom stereocenters. The molecule has 0 saturated carbocycles. The summed E-state index contributed by atoms with van der Waals surface area (Å²) in [5, 5.41) is 24.2. The van der Waals surface area contributed by atoms with Crippen LogP contribution < -0.4 is 0 Å². The summed E-state index contributed by atoms with van der Waals surface area (Å²) in [6.07, 6.45) is 3.94. The Labute approximate surface area is 225 Å². The van der Waals surface area contributed by atoms with Crippen molar-refractivity contribution in [3.05, 3.63) is 81.1 Å². The van der Waals surface area contributed by atoms with Gasteiger partial charge < -0.3 is 14.9 Å². The van der Waals surface area contributed by atoms with Gasteiger partial charge in [-0.3, -0.25) is 14.5 Å². The summed E-state index contributed by atoms with van der Waals surface area (Å²) in [6, 6.07) is 15.3. The van der Waals surface area contributed by atoms with Gasteiger partial charge in [0.25, 0.3) is 0 Å². The van der Waals surface area contributed by atoms with E-state index in [-0.39, 0.29) is 36.2 Å². The van der Waals surface area contributed by atoms with Crippen molar-refractivity contribution in [3.63, 3.8) is 0 Å². The molecule has 0 radical (unpaired) electrons. The van der Waals surface area contributed by atoms with E-state index in [4.69, 9.17) is 4.74 Å². The first-order valence-corrected chi connectivity index (χ1v) is 14.0. The Morgan fingerprint density at radius 3 is 2.66 bits per heavy atom. The van der Waals surface area contributed by atoms with Gasteiger partial charge in [0, 0.05) is 16.2 Å².